The summed E-state index contributed by atoms with van der Waals surface area (Å²) in [7, 11) is -4.83. The van der Waals surface area contributed by atoms with E-state index in [0.29, 0.717) is 12.8 Å². The maximum atomic E-state index is 12.6. The van der Waals surface area contributed by atoms with Gasteiger partial charge >= 0.3 is 17.9 Å². The van der Waals surface area contributed by atoms with Crippen LogP contribution in [-0.4, -0.2) is 62.9 Å². The van der Waals surface area contributed by atoms with E-state index in [0.717, 1.165) is 38.5 Å². The van der Waals surface area contributed by atoms with E-state index in [9.17, 15) is 28.6 Å². The number of amides is 1. The van der Waals surface area contributed by atoms with Gasteiger partial charge in [0.25, 0.3) is 7.82 Å². The Morgan fingerprint density at radius 2 is 0.981 bits per heavy atom. The Bertz CT molecular complexity index is 965. The molecule has 13 heteroatoms. The summed E-state index contributed by atoms with van der Waals surface area (Å²) in [6.07, 6.45) is 27.3. The quantitative estimate of drug-likeness (QED) is 0.0274. The van der Waals surface area contributed by atoms with Crippen LogP contribution in [0.5, 0.6) is 0 Å². The monoisotopic (exact) mass is 777 g/mol. The van der Waals surface area contributed by atoms with Crippen LogP contribution in [0.3, 0.4) is 0 Å². The highest BCUT2D eigenvalue weighted by Gasteiger charge is 2.21. The van der Waals surface area contributed by atoms with Crippen molar-refractivity contribution >= 4 is 31.6 Å². The fraction of sp³-hybridized carbons (Fsp3) is 0.900. The largest absolute Gasteiger partial charge is 0.756 e. The third kappa shape index (κ3) is 38.1. The van der Waals surface area contributed by atoms with Crippen LogP contribution in [0.4, 0.5) is 0 Å². The van der Waals surface area contributed by atoms with E-state index in [4.69, 9.17) is 23.3 Å². The highest BCUT2D eigenvalue weighted by atomic mass is 31.2. The van der Waals surface area contributed by atoms with Crippen molar-refractivity contribution in [2.75, 3.05) is 33.0 Å². The third-order valence-corrected chi connectivity index (χ3v) is 9.89. The molecule has 0 aromatic heterocycles. The first-order valence-electron chi connectivity index (χ1n) is 20.9. The summed E-state index contributed by atoms with van der Waals surface area (Å²) in [5.74, 6) is -1.90. The number of hydrogen-bond acceptors (Lipinski definition) is 11. The molecule has 0 spiro atoms. The maximum absolute atomic E-state index is 12.6. The molecule has 2 atom stereocenters. The Kier molecular flexibility index (Phi) is 35.5. The zero-order chi connectivity index (χ0) is 39.3. The normalized spacial score (nSPS) is 12.9. The van der Waals surface area contributed by atoms with Gasteiger partial charge in [0.2, 0.25) is 5.91 Å². The molecule has 0 aliphatic carbocycles. The first-order valence-corrected chi connectivity index (χ1v) is 22.4. The molecule has 0 aliphatic heterocycles. The minimum atomic E-state index is -4.83. The van der Waals surface area contributed by atoms with Crippen molar-refractivity contribution < 1.29 is 51.9 Å². The van der Waals surface area contributed by atoms with Gasteiger partial charge in [-0.2, -0.15) is 0 Å². The van der Waals surface area contributed by atoms with Crippen LogP contribution in [0.2, 0.25) is 0 Å². The molecule has 0 aromatic carbocycles. The van der Waals surface area contributed by atoms with E-state index in [-0.39, 0.29) is 39.0 Å². The number of nitrogens with one attached hydrogen (secondary N) is 1. The summed E-state index contributed by atoms with van der Waals surface area (Å²) < 4.78 is 37.6. The highest BCUT2D eigenvalue weighted by molar-refractivity contribution is 7.45. The molecule has 0 saturated heterocycles. The van der Waals surface area contributed by atoms with Crippen LogP contribution in [-0.2, 0) is 47.0 Å². The molecule has 0 radical (unpaired) electrons. The number of ether oxygens (including phenoxy) is 3. The average molecular weight is 777 g/mol. The van der Waals surface area contributed by atoms with Crippen LogP contribution in [0.15, 0.2) is 0 Å². The van der Waals surface area contributed by atoms with E-state index < -0.39 is 51.0 Å². The summed E-state index contributed by atoms with van der Waals surface area (Å²) in [5.41, 5.74) is 0. The number of phosphoric acid groups is 1. The topological polar surface area (TPSA) is 167 Å². The van der Waals surface area contributed by atoms with Gasteiger partial charge in [0, 0.05) is 26.3 Å². The standard InChI is InChI=1S/C40H76NO11P/c1-4-6-8-10-12-14-16-18-20-22-24-26-28-39(44)49-34-37(35-51-53(46,47)50-33-31-41-38(43)30-32-48-36(3)42)52-40(45)29-27-25-23-21-19-17-15-13-11-9-7-5-2/h37H,4-35H2,1-3H3,(H,41,43)(H,46,47)/p-1. The zero-order valence-electron chi connectivity index (χ0n) is 33.6. The van der Waals surface area contributed by atoms with Gasteiger partial charge in [-0.25, -0.2) is 0 Å². The van der Waals surface area contributed by atoms with Crippen molar-refractivity contribution in [3.8, 4) is 0 Å². The van der Waals surface area contributed by atoms with Crippen molar-refractivity contribution in [3.63, 3.8) is 0 Å². The van der Waals surface area contributed by atoms with E-state index in [1.165, 1.54) is 110 Å². The lowest BCUT2D eigenvalue weighted by Gasteiger charge is -2.25. The van der Waals surface area contributed by atoms with Crippen molar-refractivity contribution in [3.05, 3.63) is 0 Å². The minimum absolute atomic E-state index is 0.0740. The van der Waals surface area contributed by atoms with E-state index in [1.807, 2.05) is 0 Å². The molecule has 0 heterocycles. The fourth-order valence-electron chi connectivity index (χ4n) is 5.78. The predicted octanol–water partition coefficient (Wildman–Crippen LogP) is 9.19. The lowest BCUT2D eigenvalue weighted by Crippen LogP contribution is -2.31. The molecular formula is C40H75NO11P-. The third-order valence-electron chi connectivity index (χ3n) is 8.92. The molecule has 0 fully saturated rings. The first-order chi connectivity index (χ1) is 25.6. The van der Waals surface area contributed by atoms with Crippen LogP contribution >= 0.6 is 7.82 Å². The van der Waals surface area contributed by atoms with E-state index in [2.05, 4.69) is 19.2 Å². The summed E-state index contributed by atoms with van der Waals surface area (Å²) in [6, 6.07) is 0. The molecule has 0 aliphatic rings. The number of esters is 3. The molecule has 1 amide bonds. The minimum Gasteiger partial charge on any atom is -0.756 e. The highest BCUT2D eigenvalue weighted by Crippen LogP contribution is 2.38. The lowest BCUT2D eigenvalue weighted by atomic mass is 10.0. The maximum Gasteiger partial charge on any atom is 0.306 e. The van der Waals surface area contributed by atoms with Crippen LogP contribution in [0.1, 0.15) is 194 Å². The van der Waals surface area contributed by atoms with Gasteiger partial charge in [0.1, 0.15) is 13.2 Å². The number of carbonyl (C=O) groups excluding carboxylic acids is 4. The van der Waals surface area contributed by atoms with Crippen LogP contribution < -0.4 is 10.2 Å². The van der Waals surface area contributed by atoms with E-state index in [1.54, 1.807) is 0 Å². The Hall–Kier alpha value is -2.01. The Morgan fingerprint density at radius 1 is 0.547 bits per heavy atom. The second kappa shape index (κ2) is 36.9. The van der Waals surface area contributed by atoms with Gasteiger partial charge < -0.3 is 33.5 Å². The number of phosphoric ester groups is 1. The molecule has 2 unspecified atom stereocenters. The van der Waals surface area contributed by atoms with Gasteiger partial charge in [-0.05, 0) is 12.8 Å². The van der Waals surface area contributed by atoms with Crippen molar-refractivity contribution in [2.24, 2.45) is 0 Å². The lowest BCUT2D eigenvalue weighted by molar-refractivity contribution is -0.228. The van der Waals surface area contributed by atoms with Crippen LogP contribution in [0, 0.1) is 0 Å². The second-order valence-corrected chi connectivity index (χ2v) is 15.5. The molecule has 53 heavy (non-hydrogen) atoms. The van der Waals surface area contributed by atoms with Crippen LogP contribution in [0.25, 0.3) is 0 Å². The van der Waals surface area contributed by atoms with Crippen molar-refractivity contribution in [1.82, 2.24) is 5.32 Å². The SMILES string of the molecule is CCCCCCCCCCCCCCC(=O)OCC(COP(=O)([O-])OCCNC(=O)CCOC(C)=O)OC(=O)CCCCCCCCCCCCCC. The van der Waals surface area contributed by atoms with Gasteiger partial charge in [0.05, 0.1) is 19.6 Å². The molecule has 12 nitrogen and oxygen atoms in total. The fourth-order valence-corrected chi connectivity index (χ4v) is 6.51. The smallest absolute Gasteiger partial charge is 0.306 e. The Labute approximate surface area is 321 Å². The predicted molar refractivity (Wildman–Crippen MR) is 206 cm³/mol. The van der Waals surface area contributed by atoms with Gasteiger partial charge in [0.15, 0.2) is 6.10 Å². The molecule has 1 N–H and O–H groups in total. The molecule has 0 saturated carbocycles. The van der Waals surface area contributed by atoms with Gasteiger partial charge in [-0.15, -0.1) is 0 Å². The molecule has 0 rings (SSSR count). The van der Waals surface area contributed by atoms with Crippen molar-refractivity contribution in [2.45, 2.75) is 200 Å². The van der Waals surface area contributed by atoms with Gasteiger partial charge in [-0.3, -0.25) is 23.7 Å². The number of unbranched alkanes of at least 4 members (excludes halogenated alkanes) is 22. The molecule has 312 valence electrons. The van der Waals surface area contributed by atoms with Crippen molar-refractivity contribution in [1.29, 1.82) is 0 Å². The average Bonchev–Trinajstić information content (AvgIpc) is 3.12. The number of hydrogen-bond donors (Lipinski definition) is 1. The molecular weight excluding hydrogens is 701 g/mol. The first kappa shape index (κ1) is 51.0. The second-order valence-electron chi connectivity index (χ2n) is 14.1. The Morgan fingerprint density at radius 3 is 1.43 bits per heavy atom. The summed E-state index contributed by atoms with van der Waals surface area (Å²) in [4.78, 5) is 60.0. The number of carbonyl (C=O) groups is 4. The molecule has 0 aromatic rings. The molecule has 0 bridgehead atoms. The summed E-state index contributed by atoms with van der Waals surface area (Å²) in [6.45, 7) is 4.17. The number of rotatable bonds is 39. The van der Waals surface area contributed by atoms with Gasteiger partial charge in [-0.1, -0.05) is 155 Å². The summed E-state index contributed by atoms with van der Waals surface area (Å²) >= 11 is 0. The summed E-state index contributed by atoms with van der Waals surface area (Å²) in [5, 5.41) is 2.45. The van der Waals surface area contributed by atoms with E-state index >= 15 is 0 Å². The Balaban J connectivity index is 4.53. The zero-order valence-corrected chi connectivity index (χ0v) is 34.5.